The van der Waals surface area contributed by atoms with Gasteiger partial charge in [0, 0.05) is 43.9 Å². The van der Waals surface area contributed by atoms with Crippen molar-refractivity contribution in [1.82, 2.24) is 14.5 Å². The quantitative estimate of drug-likeness (QED) is 0.595. The second kappa shape index (κ2) is 10.7. The maximum atomic E-state index is 12.8. The molecule has 2 aromatic carbocycles. The maximum Gasteiger partial charge on any atom is 0.401 e. The number of ketones is 1. The molecule has 0 atom stereocenters. The van der Waals surface area contributed by atoms with Crippen molar-refractivity contribution in [2.24, 2.45) is 0 Å². The Morgan fingerprint density at radius 1 is 0.912 bits per heavy atom. The molecule has 2 aromatic rings. The van der Waals surface area contributed by atoms with Crippen LogP contribution in [0.3, 0.4) is 0 Å². The standard InChI is InChI=1S/C23H26F3N3O4S/c1-17(30)19-7-9-21(10-8-19)34(32,33)27-15-18-3-5-20(6-4-18)22(31)29-12-2-11-28(13-14-29)16-23(24,25)26/h3-10,27H,2,11-16H2,1H3. The first kappa shape index (κ1) is 25.9. The zero-order valence-electron chi connectivity index (χ0n) is 18.6. The molecule has 11 heteroatoms. The van der Waals surface area contributed by atoms with Gasteiger partial charge in [0.15, 0.2) is 5.78 Å². The molecule has 0 bridgehead atoms. The summed E-state index contributed by atoms with van der Waals surface area (Å²) >= 11 is 0. The van der Waals surface area contributed by atoms with Gasteiger partial charge in [0.05, 0.1) is 11.4 Å². The van der Waals surface area contributed by atoms with Gasteiger partial charge < -0.3 is 4.90 Å². The zero-order valence-corrected chi connectivity index (χ0v) is 19.5. The minimum Gasteiger partial charge on any atom is -0.337 e. The second-order valence-electron chi connectivity index (χ2n) is 8.14. The molecule has 1 amide bonds. The number of Topliss-reactive ketones (excluding diaryl/α,β-unsaturated/α-hetero) is 1. The lowest BCUT2D eigenvalue weighted by atomic mass is 10.1. The molecule has 184 valence electrons. The fraction of sp³-hybridized carbons (Fsp3) is 0.391. The highest BCUT2D eigenvalue weighted by atomic mass is 32.2. The smallest absolute Gasteiger partial charge is 0.337 e. The number of alkyl halides is 3. The van der Waals surface area contributed by atoms with Crippen LogP contribution in [0.4, 0.5) is 13.2 Å². The largest absolute Gasteiger partial charge is 0.401 e. The van der Waals surface area contributed by atoms with E-state index in [2.05, 4.69) is 4.72 Å². The Morgan fingerprint density at radius 2 is 1.53 bits per heavy atom. The summed E-state index contributed by atoms with van der Waals surface area (Å²) in [6.45, 7) is 1.42. The number of sulfonamides is 1. The van der Waals surface area contributed by atoms with Gasteiger partial charge in [-0.25, -0.2) is 13.1 Å². The molecule has 1 N–H and O–H groups in total. The van der Waals surface area contributed by atoms with E-state index in [1.807, 2.05) is 0 Å². The monoisotopic (exact) mass is 497 g/mol. The number of benzene rings is 2. The Balaban J connectivity index is 1.57. The van der Waals surface area contributed by atoms with E-state index in [-0.39, 0.29) is 42.8 Å². The number of nitrogens with zero attached hydrogens (tertiary/aromatic N) is 2. The van der Waals surface area contributed by atoms with E-state index >= 15 is 0 Å². The average molecular weight is 498 g/mol. The molecule has 7 nitrogen and oxygen atoms in total. The molecule has 1 saturated heterocycles. The molecule has 0 saturated carbocycles. The van der Waals surface area contributed by atoms with E-state index in [1.165, 1.54) is 36.1 Å². The topological polar surface area (TPSA) is 86.8 Å². The molecule has 0 radical (unpaired) electrons. The van der Waals surface area contributed by atoms with Gasteiger partial charge in [-0.1, -0.05) is 24.3 Å². The molecule has 0 spiro atoms. The molecular formula is C23H26F3N3O4S. The van der Waals surface area contributed by atoms with Gasteiger partial charge in [0.1, 0.15) is 0 Å². The van der Waals surface area contributed by atoms with Crippen LogP contribution in [-0.2, 0) is 16.6 Å². The third kappa shape index (κ3) is 7.12. The highest BCUT2D eigenvalue weighted by Gasteiger charge is 2.32. The number of hydrogen-bond donors (Lipinski definition) is 1. The van der Waals surface area contributed by atoms with Crippen LogP contribution in [0.1, 0.15) is 39.6 Å². The van der Waals surface area contributed by atoms with Crippen molar-refractivity contribution in [3.05, 3.63) is 65.2 Å². The van der Waals surface area contributed by atoms with E-state index in [1.54, 1.807) is 29.2 Å². The van der Waals surface area contributed by atoms with Gasteiger partial charge in [-0.05, 0) is 43.2 Å². The van der Waals surface area contributed by atoms with Gasteiger partial charge in [-0.3, -0.25) is 14.5 Å². The van der Waals surface area contributed by atoms with Gasteiger partial charge in [-0.15, -0.1) is 0 Å². The Labute approximate surface area is 196 Å². The van der Waals surface area contributed by atoms with Crippen molar-refractivity contribution in [3.63, 3.8) is 0 Å². The highest BCUT2D eigenvalue weighted by molar-refractivity contribution is 7.89. The van der Waals surface area contributed by atoms with Crippen molar-refractivity contribution in [2.75, 3.05) is 32.7 Å². The summed E-state index contributed by atoms with van der Waals surface area (Å²) in [5.41, 5.74) is 1.43. The first-order valence-corrected chi connectivity index (χ1v) is 12.2. The zero-order chi connectivity index (χ0) is 24.9. The molecule has 1 aliphatic heterocycles. The van der Waals surface area contributed by atoms with Gasteiger partial charge >= 0.3 is 6.18 Å². The van der Waals surface area contributed by atoms with Crippen molar-refractivity contribution >= 4 is 21.7 Å². The lowest BCUT2D eigenvalue weighted by Gasteiger charge is -2.23. The summed E-state index contributed by atoms with van der Waals surface area (Å²) in [5, 5.41) is 0. The van der Waals surface area contributed by atoms with E-state index in [4.69, 9.17) is 0 Å². The molecule has 3 rings (SSSR count). The number of nitrogens with one attached hydrogen (secondary N) is 1. The Morgan fingerprint density at radius 3 is 2.12 bits per heavy atom. The van der Waals surface area contributed by atoms with Crippen LogP contribution in [0.2, 0.25) is 0 Å². The summed E-state index contributed by atoms with van der Waals surface area (Å²) in [4.78, 5) is 27.0. The number of hydrogen-bond acceptors (Lipinski definition) is 5. The number of carbonyl (C=O) groups is 2. The first-order chi connectivity index (χ1) is 15.9. The first-order valence-electron chi connectivity index (χ1n) is 10.7. The van der Waals surface area contributed by atoms with E-state index in [0.29, 0.717) is 29.7 Å². The fourth-order valence-electron chi connectivity index (χ4n) is 3.66. The van der Waals surface area contributed by atoms with Crippen molar-refractivity contribution in [1.29, 1.82) is 0 Å². The Kier molecular flexibility index (Phi) is 8.11. The van der Waals surface area contributed by atoms with Crippen LogP contribution in [0.5, 0.6) is 0 Å². The lowest BCUT2D eigenvalue weighted by Crippen LogP contribution is -2.38. The van der Waals surface area contributed by atoms with Gasteiger partial charge in [0.2, 0.25) is 10.0 Å². The third-order valence-corrected chi connectivity index (χ3v) is 6.93. The van der Waals surface area contributed by atoms with Crippen molar-refractivity contribution in [2.45, 2.75) is 31.0 Å². The molecule has 1 aliphatic rings. The normalized spacial score (nSPS) is 15.7. The van der Waals surface area contributed by atoms with Crippen LogP contribution in [0, 0.1) is 0 Å². The Bertz CT molecular complexity index is 1120. The van der Waals surface area contributed by atoms with Crippen LogP contribution in [-0.4, -0.2) is 68.8 Å². The summed E-state index contributed by atoms with van der Waals surface area (Å²) < 4.78 is 65.3. The maximum absolute atomic E-state index is 12.8. The summed E-state index contributed by atoms with van der Waals surface area (Å²) in [7, 11) is -3.79. The minimum atomic E-state index is -4.27. The summed E-state index contributed by atoms with van der Waals surface area (Å²) in [6.07, 6.45) is -3.82. The number of rotatable bonds is 7. The predicted molar refractivity (Wildman–Crippen MR) is 120 cm³/mol. The second-order valence-corrected chi connectivity index (χ2v) is 9.91. The molecule has 0 aliphatic carbocycles. The Hall–Kier alpha value is -2.76. The predicted octanol–water partition coefficient (Wildman–Crippen LogP) is 3.08. The summed E-state index contributed by atoms with van der Waals surface area (Å²) in [6, 6.07) is 12.0. The van der Waals surface area contributed by atoms with Crippen LogP contribution in [0.25, 0.3) is 0 Å². The van der Waals surface area contributed by atoms with Crippen LogP contribution < -0.4 is 4.72 Å². The average Bonchev–Trinajstić information content (AvgIpc) is 3.02. The van der Waals surface area contributed by atoms with Crippen LogP contribution in [0.15, 0.2) is 53.4 Å². The number of amides is 1. The molecule has 0 unspecified atom stereocenters. The highest BCUT2D eigenvalue weighted by Crippen LogP contribution is 2.18. The molecule has 1 heterocycles. The lowest BCUT2D eigenvalue weighted by molar-refractivity contribution is -0.145. The SMILES string of the molecule is CC(=O)c1ccc(S(=O)(=O)NCc2ccc(C(=O)N3CCCN(CC(F)(F)F)CC3)cc2)cc1. The molecular weight excluding hydrogens is 471 g/mol. The molecule has 1 fully saturated rings. The molecule has 34 heavy (non-hydrogen) atoms. The van der Waals surface area contributed by atoms with E-state index in [0.717, 1.165) is 0 Å². The van der Waals surface area contributed by atoms with Crippen molar-refractivity contribution in [3.8, 4) is 0 Å². The third-order valence-electron chi connectivity index (χ3n) is 5.52. The van der Waals surface area contributed by atoms with Gasteiger partial charge in [0.25, 0.3) is 5.91 Å². The minimum absolute atomic E-state index is 0.00137. The van der Waals surface area contributed by atoms with E-state index in [9.17, 15) is 31.2 Å². The fourth-order valence-corrected chi connectivity index (χ4v) is 4.68. The van der Waals surface area contributed by atoms with Crippen LogP contribution >= 0.6 is 0 Å². The van der Waals surface area contributed by atoms with Gasteiger partial charge in [-0.2, -0.15) is 13.2 Å². The van der Waals surface area contributed by atoms with Crippen molar-refractivity contribution < 1.29 is 31.2 Å². The number of halogens is 3. The molecule has 0 aromatic heterocycles. The van der Waals surface area contributed by atoms with E-state index < -0.39 is 22.7 Å². The number of carbonyl (C=O) groups excluding carboxylic acids is 2. The summed E-state index contributed by atoms with van der Waals surface area (Å²) in [5.74, 6) is -0.433.